The Balaban J connectivity index is 1.32. The number of ether oxygens (including phenoxy) is 3. The fourth-order valence-electron chi connectivity index (χ4n) is 4.31. The minimum atomic E-state index is -0.809. The van der Waals surface area contributed by atoms with Crippen LogP contribution in [0.3, 0.4) is 0 Å². The van der Waals surface area contributed by atoms with Crippen LogP contribution in [-0.2, 0) is 9.47 Å². The van der Waals surface area contributed by atoms with Crippen LogP contribution in [0.2, 0.25) is 10.0 Å². The fraction of sp³-hybridized carbons (Fsp3) is 0.478. The third-order valence-corrected chi connectivity index (χ3v) is 7.05. The van der Waals surface area contributed by atoms with Crippen LogP contribution in [0.4, 0.5) is 26.4 Å². The number of hydrogen-bond acceptors (Lipinski definition) is 7. The van der Waals surface area contributed by atoms with Gasteiger partial charge in [-0.05, 0) is 31.9 Å². The van der Waals surface area contributed by atoms with E-state index in [1.54, 1.807) is 4.90 Å². The molecule has 3 fully saturated rings. The molecule has 1 aromatic heterocycles. The van der Waals surface area contributed by atoms with Crippen LogP contribution in [-0.4, -0.2) is 59.0 Å². The van der Waals surface area contributed by atoms with Gasteiger partial charge in [-0.25, -0.2) is 14.6 Å². The van der Waals surface area contributed by atoms with Crippen molar-refractivity contribution in [2.45, 2.75) is 31.5 Å². The summed E-state index contributed by atoms with van der Waals surface area (Å²) in [5.74, 6) is -1.54. The Bertz CT molecular complexity index is 1170. The predicted octanol–water partition coefficient (Wildman–Crippen LogP) is 5.23. The molecule has 1 aliphatic carbocycles. The number of benzene rings is 1. The van der Waals surface area contributed by atoms with E-state index in [4.69, 9.17) is 44.0 Å². The molecule has 2 atom stereocenters. The minimum absolute atomic E-state index is 0.148. The number of piperidine rings is 1. The zero-order valence-electron chi connectivity index (χ0n) is 18.8. The summed E-state index contributed by atoms with van der Waals surface area (Å²) in [7, 11) is 0. The Morgan fingerprint density at radius 3 is 2.51 bits per heavy atom. The zero-order chi connectivity index (χ0) is 24.7. The number of aromatic nitrogens is 2. The number of amides is 1. The molecule has 2 aliphatic heterocycles. The Morgan fingerprint density at radius 2 is 1.91 bits per heavy atom. The number of rotatable bonds is 5. The second-order valence-corrected chi connectivity index (χ2v) is 10.0. The molecule has 2 saturated heterocycles. The molecule has 1 amide bonds. The number of nitrogens with one attached hydrogen (secondary N) is 1. The summed E-state index contributed by atoms with van der Waals surface area (Å²) in [5, 5.41) is 3.07. The highest BCUT2D eigenvalue weighted by Gasteiger charge is 2.47. The third-order valence-electron chi connectivity index (χ3n) is 6.45. The topological polar surface area (TPSA) is 90.2 Å². The summed E-state index contributed by atoms with van der Waals surface area (Å²) in [6.45, 7) is 10.5. The van der Waals surface area contributed by atoms with Crippen molar-refractivity contribution in [3.63, 3.8) is 0 Å². The van der Waals surface area contributed by atoms with E-state index in [0.29, 0.717) is 26.3 Å². The number of fused-ring (bicyclic) bond motifs is 2. The van der Waals surface area contributed by atoms with Gasteiger partial charge in [0.2, 0.25) is 5.82 Å². The Morgan fingerprint density at radius 1 is 1.26 bits per heavy atom. The number of likely N-dealkylation sites (tertiary alicyclic amines) is 1. The van der Waals surface area contributed by atoms with Crippen molar-refractivity contribution in [2.24, 2.45) is 11.8 Å². The number of carbonyl (C=O) groups excluding carboxylic acids is 1. The van der Waals surface area contributed by atoms with Crippen LogP contribution in [0.1, 0.15) is 19.8 Å². The Kier molecular flexibility index (Phi) is 6.34. The zero-order valence-corrected chi connectivity index (χ0v) is 20.3. The van der Waals surface area contributed by atoms with E-state index in [0.717, 1.165) is 12.8 Å². The second kappa shape index (κ2) is 9.30. The van der Waals surface area contributed by atoms with Crippen LogP contribution in [0, 0.1) is 24.2 Å². The van der Waals surface area contributed by atoms with E-state index >= 15 is 4.39 Å². The lowest BCUT2D eigenvalue weighted by molar-refractivity contribution is -0.112. The van der Waals surface area contributed by atoms with E-state index in [1.807, 2.05) is 6.92 Å². The van der Waals surface area contributed by atoms with Gasteiger partial charge in [0.25, 0.3) is 5.88 Å². The number of carbonyl (C=O) groups is 1. The van der Waals surface area contributed by atoms with Gasteiger partial charge in [0.15, 0.2) is 11.5 Å². The van der Waals surface area contributed by atoms with Gasteiger partial charge in [-0.1, -0.05) is 23.2 Å². The van der Waals surface area contributed by atoms with Crippen molar-refractivity contribution < 1.29 is 23.4 Å². The summed E-state index contributed by atoms with van der Waals surface area (Å²) in [6, 6.07) is 2.84. The van der Waals surface area contributed by atoms with Crippen molar-refractivity contribution in [1.29, 1.82) is 0 Å². The first-order chi connectivity index (χ1) is 16.8. The van der Waals surface area contributed by atoms with Crippen LogP contribution in [0.25, 0.3) is 4.85 Å². The Labute approximate surface area is 211 Å². The van der Waals surface area contributed by atoms with Crippen molar-refractivity contribution in [3.05, 3.63) is 45.7 Å². The molecule has 12 heteroatoms. The van der Waals surface area contributed by atoms with Gasteiger partial charge in [-0.2, -0.15) is 9.37 Å². The normalized spacial score (nSPS) is 24.3. The summed E-state index contributed by atoms with van der Waals surface area (Å²) in [5.41, 5.74) is 0.115. The molecular formula is C23H22Cl2FN5O4. The van der Waals surface area contributed by atoms with Gasteiger partial charge < -0.3 is 24.4 Å². The number of hydrogen-bond donors (Lipinski definition) is 1. The molecule has 3 aliphatic rings. The van der Waals surface area contributed by atoms with Crippen molar-refractivity contribution in [1.82, 2.24) is 14.9 Å². The van der Waals surface area contributed by atoms with Gasteiger partial charge in [-0.3, -0.25) is 0 Å². The first-order valence-corrected chi connectivity index (χ1v) is 11.9. The molecular weight excluding hydrogens is 500 g/mol. The minimum Gasteiger partial charge on any atom is -0.471 e. The standard InChI is InChI=1S/C23H22Cl2FN5O4/c1-23(3-4-23)35-22(32)31-7-12-9-33-10-13(8-31)19(12)34-21-17(26)20(28-11-29-21)30-18-15(24)5-14(27-2)6-16(18)25/h5-6,11-13,19H,3-4,7-10H2,1H3,(H,28,29,30). The van der Waals surface area contributed by atoms with E-state index < -0.39 is 11.9 Å². The molecule has 1 aromatic carbocycles. The summed E-state index contributed by atoms with van der Waals surface area (Å²) < 4.78 is 32.7. The van der Waals surface area contributed by atoms with Gasteiger partial charge in [0.05, 0.1) is 35.5 Å². The lowest BCUT2D eigenvalue weighted by Crippen LogP contribution is -2.59. The summed E-state index contributed by atoms with van der Waals surface area (Å²) >= 11 is 12.4. The molecule has 2 bridgehead atoms. The molecule has 184 valence electrons. The largest absolute Gasteiger partial charge is 0.471 e. The lowest BCUT2D eigenvalue weighted by Gasteiger charge is -2.46. The SMILES string of the molecule is [C-]#[N+]c1cc(Cl)c(Nc2ncnc(OC3C4COCC3CN(C(=O)OC3(C)CC3)C4)c2F)c(Cl)c1. The maximum absolute atomic E-state index is 15.3. The summed E-state index contributed by atoms with van der Waals surface area (Å²) in [4.78, 5) is 25.5. The van der Waals surface area contributed by atoms with Crippen molar-refractivity contribution >= 4 is 46.5 Å². The number of halogens is 3. The first kappa shape index (κ1) is 23.9. The van der Waals surface area contributed by atoms with Gasteiger partial charge in [-0.15, -0.1) is 0 Å². The smallest absolute Gasteiger partial charge is 0.410 e. The highest BCUT2D eigenvalue weighted by Crippen LogP contribution is 2.41. The molecule has 1 saturated carbocycles. The van der Waals surface area contributed by atoms with E-state index in [2.05, 4.69) is 20.1 Å². The first-order valence-electron chi connectivity index (χ1n) is 11.1. The molecule has 0 spiro atoms. The van der Waals surface area contributed by atoms with E-state index in [1.165, 1.54) is 18.5 Å². The molecule has 2 aromatic rings. The van der Waals surface area contributed by atoms with Crippen LogP contribution in [0.15, 0.2) is 18.5 Å². The van der Waals surface area contributed by atoms with E-state index in [-0.39, 0.29) is 56.6 Å². The maximum Gasteiger partial charge on any atom is 0.410 e. The highest BCUT2D eigenvalue weighted by molar-refractivity contribution is 6.39. The van der Waals surface area contributed by atoms with Crippen molar-refractivity contribution in [3.8, 4) is 5.88 Å². The Hall–Kier alpha value is -2.87. The molecule has 9 nitrogen and oxygen atoms in total. The van der Waals surface area contributed by atoms with Gasteiger partial charge in [0, 0.05) is 24.9 Å². The highest BCUT2D eigenvalue weighted by atomic mass is 35.5. The van der Waals surface area contributed by atoms with Gasteiger partial charge >= 0.3 is 6.09 Å². The van der Waals surface area contributed by atoms with Crippen LogP contribution < -0.4 is 10.1 Å². The lowest BCUT2D eigenvalue weighted by atomic mass is 9.84. The molecule has 0 radical (unpaired) electrons. The number of nitrogens with zero attached hydrogens (tertiary/aromatic N) is 4. The summed E-state index contributed by atoms with van der Waals surface area (Å²) in [6.07, 6.45) is 2.19. The van der Waals surface area contributed by atoms with Crippen LogP contribution >= 0.6 is 23.2 Å². The van der Waals surface area contributed by atoms with Crippen LogP contribution in [0.5, 0.6) is 5.88 Å². The van der Waals surface area contributed by atoms with Gasteiger partial charge in [0.1, 0.15) is 18.0 Å². The third kappa shape index (κ3) is 4.94. The quantitative estimate of drug-likeness (QED) is 0.538. The van der Waals surface area contributed by atoms with E-state index in [9.17, 15) is 4.79 Å². The average molecular weight is 522 g/mol. The fourth-order valence-corrected chi connectivity index (χ4v) is 4.88. The molecule has 5 rings (SSSR count). The second-order valence-electron chi connectivity index (χ2n) is 9.23. The monoisotopic (exact) mass is 521 g/mol. The van der Waals surface area contributed by atoms with Crippen molar-refractivity contribution in [2.75, 3.05) is 31.6 Å². The molecule has 1 N–H and O–H groups in total. The molecule has 2 unspecified atom stereocenters. The maximum atomic E-state index is 15.3. The average Bonchev–Trinajstić information content (AvgIpc) is 3.54. The molecule has 35 heavy (non-hydrogen) atoms. The number of anilines is 2. The molecule has 3 heterocycles. The predicted molar refractivity (Wildman–Crippen MR) is 126 cm³/mol.